The molecule has 5 heteroatoms. The van der Waals surface area contributed by atoms with Crippen LogP contribution in [0.5, 0.6) is 0 Å². The second-order valence-corrected chi connectivity index (χ2v) is 11.3. The van der Waals surface area contributed by atoms with Gasteiger partial charge in [0.2, 0.25) is 0 Å². The van der Waals surface area contributed by atoms with Crippen LogP contribution in [-0.4, -0.2) is 23.1 Å². The summed E-state index contributed by atoms with van der Waals surface area (Å²) in [6.07, 6.45) is 0. The van der Waals surface area contributed by atoms with Crippen molar-refractivity contribution in [1.82, 2.24) is 4.98 Å². The molecule has 0 saturated carbocycles. The number of hydrogen-bond donors (Lipinski definition) is 1. The van der Waals surface area contributed by atoms with E-state index in [1.165, 1.54) is 10.9 Å². The lowest BCUT2D eigenvalue weighted by Crippen LogP contribution is -2.35. The first-order valence-corrected chi connectivity index (χ1v) is 14.9. The van der Waals surface area contributed by atoms with Crippen molar-refractivity contribution in [1.29, 1.82) is 0 Å². The number of nitrogens with one attached hydrogen (secondary N) is 1. The summed E-state index contributed by atoms with van der Waals surface area (Å²) in [5.74, 6) is 0.887. The van der Waals surface area contributed by atoms with E-state index in [2.05, 4.69) is 88.7 Å². The second-order valence-electron chi connectivity index (χ2n) is 11.3. The number of hydrogen-bond acceptors (Lipinski definition) is 4. The lowest BCUT2D eigenvalue weighted by atomic mass is 9.85. The molecule has 2 aliphatic heterocycles. The second kappa shape index (κ2) is 9.61. The first kappa shape index (κ1) is 24.8. The average molecular weight is 567 g/mol. The number of nitrogens with zero attached hydrogens (tertiary/aromatic N) is 3. The molecule has 7 aromatic rings. The van der Waals surface area contributed by atoms with Gasteiger partial charge in [-0.2, -0.15) is 0 Å². The monoisotopic (exact) mass is 566 g/mol. The Morgan fingerprint density at radius 3 is 2.09 bits per heavy atom. The Bertz CT molecular complexity index is 2420. The van der Waals surface area contributed by atoms with Crippen molar-refractivity contribution in [3.8, 4) is 11.1 Å². The van der Waals surface area contributed by atoms with Gasteiger partial charge in [-0.3, -0.25) is 9.79 Å². The molecule has 0 amide bonds. The maximum atomic E-state index is 13.4. The lowest BCUT2D eigenvalue weighted by Gasteiger charge is -2.34. The van der Waals surface area contributed by atoms with Crippen LogP contribution in [-0.2, 0) is 6.54 Å². The number of anilines is 1. The number of H-pyrrole nitrogens is 1. The highest BCUT2D eigenvalue weighted by molar-refractivity contribution is 6.25. The van der Waals surface area contributed by atoms with Gasteiger partial charge in [0.1, 0.15) is 5.84 Å². The average Bonchev–Trinajstić information content (AvgIpc) is 3.28. The van der Waals surface area contributed by atoms with Gasteiger partial charge in [0.25, 0.3) is 5.56 Å². The van der Waals surface area contributed by atoms with E-state index in [0.29, 0.717) is 18.5 Å². The summed E-state index contributed by atoms with van der Waals surface area (Å²) < 4.78 is 0. The van der Waals surface area contributed by atoms with Crippen LogP contribution in [0.4, 0.5) is 11.4 Å². The van der Waals surface area contributed by atoms with E-state index < -0.39 is 0 Å². The van der Waals surface area contributed by atoms with E-state index in [1.54, 1.807) is 0 Å². The first-order chi connectivity index (χ1) is 21.8. The van der Waals surface area contributed by atoms with Crippen molar-refractivity contribution in [2.75, 3.05) is 11.4 Å². The minimum atomic E-state index is -0.0713. The third kappa shape index (κ3) is 3.62. The fraction of sp³-hybridized carbons (Fsp3) is 0.0513. The van der Waals surface area contributed by atoms with Gasteiger partial charge in [-0.05, 0) is 39.9 Å². The highest BCUT2D eigenvalue weighted by Crippen LogP contribution is 2.47. The molecule has 0 fully saturated rings. The number of amidine groups is 1. The van der Waals surface area contributed by atoms with Gasteiger partial charge >= 0.3 is 0 Å². The minimum absolute atomic E-state index is 0.0713. The number of aromatic nitrogens is 1. The highest BCUT2D eigenvalue weighted by atomic mass is 16.1. The van der Waals surface area contributed by atoms with E-state index in [0.717, 1.165) is 66.9 Å². The van der Waals surface area contributed by atoms with Gasteiger partial charge in [0.15, 0.2) is 0 Å². The Labute approximate surface area is 253 Å². The third-order valence-corrected chi connectivity index (χ3v) is 8.93. The molecule has 0 atom stereocenters. The van der Waals surface area contributed by atoms with Crippen molar-refractivity contribution in [3.05, 3.63) is 154 Å². The number of aromatic amines is 1. The van der Waals surface area contributed by atoms with Crippen LogP contribution < -0.4 is 10.5 Å². The first-order valence-electron chi connectivity index (χ1n) is 14.9. The van der Waals surface area contributed by atoms with E-state index in [-0.39, 0.29) is 5.56 Å². The molecule has 208 valence electrons. The summed E-state index contributed by atoms with van der Waals surface area (Å²) >= 11 is 0. The van der Waals surface area contributed by atoms with Gasteiger partial charge in [-0.25, -0.2) is 4.99 Å². The van der Waals surface area contributed by atoms with Gasteiger partial charge in [-0.1, -0.05) is 109 Å². The standard InChI is InChI=1S/C39H26N4O/c44-39-28-17-7-6-16-27(28)35-26-15-5-4-14-25(26)31-23-43(33-21-11-9-19-30(33)36(31)38(35)42-39)34-22-40-37(24-12-2-1-3-13-24)29-18-8-10-20-32(29)41-34/h1-21H,22-23H2,(H,42,44). The normalized spacial score (nSPS) is 14.0. The van der Waals surface area contributed by atoms with Crippen LogP contribution in [0.1, 0.15) is 16.7 Å². The molecule has 0 spiro atoms. The van der Waals surface area contributed by atoms with Crippen LogP contribution in [0.2, 0.25) is 0 Å². The van der Waals surface area contributed by atoms with Crippen molar-refractivity contribution < 1.29 is 0 Å². The molecule has 5 nitrogen and oxygen atoms in total. The zero-order chi connectivity index (χ0) is 29.2. The number of rotatable bonds is 1. The Balaban J connectivity index is 1.31. The number of para-hydroxylation sites is 2. The highest BCUT2D eigenvalue weighted by Gasteiger charge is 2.30. The van der Waals surface area contributed by atoms with Crippen molar-refractivity contribution in [2.45, 2.75) is 6.54 Å². The Morgan fingerprint density at radius 2 is 1.27 bits per heavy atom. The summed E-state index contributed by atoms with van der Waals surface area (Å²) in [6, 6.07) is 43.5. The molecule has 6 aromatic carbocycles. The number of fused-ring (bicyclic) bond motifs is 11. The largest absolute Gasteiger partial charge is 0.323 e. The van der Waals surface area contributed by atoms with E-state index in [4.69, 9.17) is 9.98 Å². The number of benzene rings is 6. The molecule has 0 unspecified atom stereocenters. The maximum Gasteiger partial charge on any atom is 0.256 e. The quantitative estimate of drug-likeness (QED) is 0.203. The zero-order valence-electron chi connectivity index (χ0n) is 23.8. The van der Waals surface area contributed by atoms with Gasteiger partial charge in [-0.15, -0.1) is 0 Å². The van der Waals surface area contributed by atoms with E-state index in [1.807, 2.05) is 48.5 Å². The zero-order valence-corrected chi connectivity index (χ0v) is 23.8. The van der Waals surface area contributed by atoms with Crippen LogP contribution in [0.25, 0.3) is 43.6 Å². The molecule has 0 radical (unpaired) electrons. The number of aliphatic imine (C=N–C) groups is 2. The summed E-state index contributed by atoms with van der Waals surface area (Å²) in [4.78, 5) is 29.5. The smallest absolute Gasteiger partial charge is 0.256 e. The summed E-state index contributed by atoms with van der Waals surface area (Å²) in [5, 5.41) is 5.06. The van der Waals surface area contributed by atoms with Gasteiger partial charge in [0.05, 0.1) is 35.7 Å². The molecule has 3 heterocycles. The van der Waals surface area contributed by atoms with Crippen molar-refractivity contribution >= 4 is 55.4 Å². The van der Waals surface area contributed by atoms with E-state index in [9.17, 15) is 4.79 Å². The number of pyridine rings is 1. The molecule has 9 rings (SSSR count). The predicted molar refractivity (Wildman–Crippen MR) is 182 cm³/mol. The molecular weight excluding hydrogens is 540 g/mol. The van der Waals surface area contributed by atoms with E-state index >= 15 is 0 Å². The lowest BCUT2D eigenvalue weighted by molar-refractivity contribution is 0.980. The Kier molecular flexibility index (Phi) is 5.41. The summed E-state index contributed by atoms with van der Waals surface area (Å²) in [7, 11) is 0. The van der Waals surface area contributed by atoms with Crippen molar-refractivity contribution in [2.24, 2.45) is 9.98 Å². The Morgan fingerprint density at radius 1 is 0.636 bits per heavy atom. The molecule has 0 saturated heterocycles. The van der Waals surface area contributed by atoms with Crippen LogP contribution in [0.15, 0.2) is 142 Å². The molecule has 1 aromatic heterocycles. The molecule has 0 aliphatic carbocycles. The molecule has 1 N–H and O–H groups in total. The molecule has 0 bridgehead atoms. The van der Waals surface area contributed by atoms with Crippen LogP contribution in [0.3, 0.4) is 0 Å². The fourth-order valence-corrected chi connectivity index (χ4v) is 7.02. The topological polar surface area (TPSA) is 60.8 Å². The third-order valence-electron chi connectivity index (χ3n) is 8.93. The SMILES string of the molecule is O=c1[nH]c2c3c(c4ccccc4c2c2ccccc12)CN(C1=Nc2ccccc2C(c2ccccc2)=NC1)c1ccccc1-3. The fourth-order valence-electron chi connectivity index (χ4n) is 7.02. The predicted octanol–water partition coefficient (Wildman–Crippen LogP) is 8.40. The molecule has 44 heavy (non-hydrogen) atoms. The summed E-state index contributed by atoms with van der Waals surface area (Å²) in [5.41, 5.74) is 9.15. The molecule has 2 aliphatic rings. The van der Waals surface area contributed by atoms with Crippen molar-refractivity contribution in [3.63, 3.8) is 0 Å². The van der Waals surface area contributed by atoms with Crippen LogP contribution in [0, 0.1) is 0 Å². The summed E-state index contributed by atoms with van der Waals surface area (Å²) in [6.45, 7) is 1.05. The Hall–Kier alpha value is -5.81. The van der Waals surface area contributed by atoms with Crippen LogP contribution >= 0.6 is 0 Å². The minimum Gasteiger partial charge on any atom is -0.323 e. The van der Waals surface area contributed by atoms with Gasteiger partial charge < -0.3 is 9.88 Å². The van der Waals surface area contributed by atoms with Gasteiger partial charge in [0, 0.05) is 33.0 Å². The molecular formula is C39H26N4O. The maximum absolute atomic E-state index is 13.4.